The first kappa shape index (κ1) is 13.8. The molecule has 1 N–H and O–H groups in total. The number of nitrogens with one attached hydrogen (secondary N) is 1. The van der Waals surface area contributed by atoms with Crippen LogP contribution in [0.4, 0.5) is 0 Å². The summed E-state index contributed by atoms with van der Waals surface area (Å²) >= 11 is 0. The van der Waals surface area contributed by atoms with E-state index in [1.165, 1.54) is 19.3 Å². The van der Waals surface area contributed by atoms with E-state index in [1.807, 2.05) is 11.9 Å². The molecular formula is C14H27N3O. The highest BCUT2D eigenvalue weighted by Crippen LogP contribution is 2.20. The van der Waals surface area contributed by atoms with Crippen molar-refractivity contribution >= 4 is 5.91 Å². The zero-order valence-corrected chi connectivity index (χ0v) is 12.0. The van der Waals surface area contributed by atoms with Crippen LogP contribution in [0, 0.1) is 5.92 Å². The Kier molecular flexibility index (Phi) is 4.62. The zero-order valence-electron chi connectivity index (χ0n) is 12.0. The molecule has 3 atom stereocenters. The number of rotatable bonds is 2. The molecule has 2 heterocycles. The number of carbonyl (C=O) groups is 1. The Morgan fingerprint density at radius 3 is 2.78 bits per heavy atom. The lowest BCUT2D eigenvalue weighted by atomic mass is 9.91. The van der Waals surface area contributed by atoms with Crippen LogP contribution in [0.1, 0.15) is 32.6 Å². The van der Waals surface area contributed by atoms with Gasteiger partial charge in [-0.1, -0.05) is 6.92 Å². The van der Waals surface area contributed by atoms with E-state index in [0.29, 0.717) is 17.9 Å². The molecule has 0 aromatic rings. The van der Waals surface area contributed by atoms with Gasteiger partial charge in [-0.05, 0) is 51.7 Å². The summed E-state index contributed by atoms with van der Waals surface area (Å²) in [6.07, 6.45) is 4.71. The van der Waals surface area contributed by atoms with Gasteiger partial charge in [-0.15, -0.1) is 0 Å². The summed E-state index contributed by atoms with van der Waals surface area (Å²) in [5, 5.41) is 3.40. The molecule has 0 aromatic carbocycles. The number of likely N-dealkylation sites (tertiary alicyclic amines) is 1. The van der Waals surface area contributed by atoms with E-state index in [-0.39, 0.29) is 6.04 Å². The molecule has 1 amide bonds. The molecule has 104 valence electrons. The summed E-state index contributed by atoms with van der Waals surface area (Å²) in [6, 6.07) is 0.433. The average molecular weight is 253 g/mol. The smallest absolute Gasteiger partial charge is 0.240 e. The molecule has 18 heavy (non-hydrogen) atoms. The SMILES string of the molecule is CC1CCCNC1C(=O)N(C)C1CCCN(C)C1. The second-order valence-corrected chi connectivity index (χ2v) is 6.06. The summed E-state index contributed by atoms with van der Waals surface area (Å²) in [5.41, 5.74) is 0. The van der Waals surface area contributed by atoms with Crippen LogP contribution >= 0.6 is 0 Å². The van der Waals surface area contributed by atoms with Crippen molar-refractivity contribution in [2.24, 2.45) is 5.92 Å². The Morgan fingerprint density at radius 1 is 1.33 bits per heavy atom. The quantitative estimate of drug-likeness (QED) is 0.795. The number of likely N-dealkylation sites (N-methyl/N-ethyl adjacent to an activating group) is 2. The van der Waals surface area contributed by atoms with E-state index in [4.69, 9.17) is 0 Å². The van der Waals surface area contributed by atoms with Gasteiger partial charge in [0.05, 0.1) is 6.04 Å². The topological polar surface area (TPSA) is 35.6 Å². The van der Waals surface area contributed by atoms with Gasteiger partial charge in [0.25, 0.3) is 0 Å². The van der Waals surface area contributed by atoms with Gasteiger partial charge in [0.1, 0.15) is 0 Å². The molecule has 2 aliphatic rings. The molecule has 0 spiro atoms. The fourth-order valence-corrected chi connectivity index (χ4v) is 3.23. The van der Waals surface area contributed by atoms with Crippen LogP contribution in [0.3, 0.4) is 0 Å². The van der Waals surface area contributed by atoms with Gasteiger partial charge in [-0.3, -0.25) is 4.79 Å². The van der Waals surface area contributed by atoms with Crippen LogP contribution in [-0.4, -0.2) is 61.5 Å². The molecular weight excluding hydrogens is 226 g/mol. The Hall–Kier alpha value is -0.610. The minimum atomic E-state index is 0.0379. The van der Waals surface area contributed by atoms with Crippen molar-refractivity contribution in [1.82, 2.24) is 15.1 Å². The predicted octanol–water partition coefficient (Wildman–Crippen LogP) is 0.927. The fourth-order valence-electron chi connectivity index (χ4n) is 3.23. The number of hydrogen-bond acceptors (Lipinski definition) is 3. The average Bonchev–Trinajstić information content (AvgIpc) is 2.37. The number of piperidine rings is 2. The maximum Gasteiger partial charge on any atom is 0.240 e. The lowest BCUT2D eigenvalue weighted by Crippen LogP contribution is -2.56. The van der Waals surface area contributed by atoms with E-state index < -0.39 is 0 Å². The Labute approximate surface area is 111 Å². The number of amides is 1. The molecule has 0 bridgehead atoms. The van der Waals surface area contributed by atoms with Crippen LogP contribution in [-0.2, 0) is 4.79 Å². The second-order valence-electron chi connectivity index (χ2n) is 6.06. The molecule has 2 fully saturated rings. The number of hydrogen-bond donors (Lipinski definition) is 1. The van der Waals surface area contributed by atoms with Crippen LogP contribution in [0.2, 0.25) is 0 Å². The van der Waals surface area contributed by atoms with Gasteiger partial charge in [-0.2, -0.15) is 0 Å². The lowest BCUT2D eigenvalue weighted by Gasteiger charge is -2.39. The third-order valence-electron chi connectivity index (χ3n) is 4.53. The first-order valence-electron chi connectivity index (χ1n) is 7.28. The van der Waals surface area contributed by atoms with Gasteiger partial charge in [0.2, 0.25) is 5.91 Å². The summed E-state index contributed by atoms with van der Waals surface area (Å²) < 4.78 is 0. The summed E-state index contributed by atoms with van der Waals surface area (Å²) in [6.45, 7) is 5.36. The van der Waals surface area contributed by atoms with E-state index in [9.17, 15) is 4.79 Å². The molecule has 4 nitrogen and oxygen atoms in total. The Bertz CT molecular complexity index is 295. The molecule has 0 aromatic heterocycles. The Morgan fingerprint density at radius 2 is 2.11 bits per heavy atom. The summed E-state index contributed by atoms with van der Waals surface area (Å²) in [7, 11) is 4.13. The van der Waals surface area contributed by atoms with E-state index in [0.717, 1.165) is 26.1 Å². The molecule has 4 heteroatoms. The van der Waals surface area contributed by atoms with Gasteiger partial charge < -0.3 is 15.1 Å². The maximum absolute atomic E-state index is 12.6. The van der Waals surface area contributed by atoms with Crippen molar-refractivity contribution in [3.05, 3.63) is 0 Å². The summed E-state index contributed by atoms with van der Waals surface area (Å²) in [4.78, 5) is 16.9. The van der Waals surface area contributed by atoms with Gasteiger partial charge in [0, 0.05) is 19.6 Å². The van der Waals surface area contributed by atoms with Crippen LogP contribution in [0.15, 0.2) is 0 Å². The van der Waals surface area contributed by atoms with Crippen molar-refractivity contribution in [2.45, 2.75) is 44.7 Å². The van der Waals surface area contributed by atoms with Crippen molar-refractivity contribution < 1.29 is 4.79 Å². The molecule has 2 rings (SSSR count). The van der Waals surface area contributed by atoms with Crippen molar-refractivity contribution in [3.63, 3.8) is 0 Å². The minimum absolute atomic E-state index is 0.0379. The fraction of sp³-hybridized carbons (Fsp3) is 0.929. The third kappa shape index (κ3) is 3.04. The second kappa shape index (κ2) is 6.02. The zero-order chi connectivity index (χ0) is 13.1. The molecule has 0 saturated carbocycles. The van der Waals surface area contributed by atoms with Gasteiger partial charge >= 0.3 is 0 Å². The third-order valence-corrected chi connectivity index (χ3v) is 4.53. The normalized spacial score (nSPS) is 34.3. The predicted molar refractivity (Wildman–Crippen MR) is 73.5 cm³/mol. The van der Waals surface area contributed by atoms with Crippen molar-refractivity contribution in [2.75, 3.05) is 33.7 Å². The van der Waals surface area contributed by atoms with Gasteiger partial charge in [-0.25, -0.2) is 0 Å². The molecule has 0 radical (unpaired) electrons. The monoisotopic (exact) mass is 253 g/mol. The van der Waals surface area contributed by atoms with E-state index >= 15 is 0 Å². The van der Waals surface area contributed by atoms with E-state index in [1.54, 1.807) is 0 Å². The number of nitrogens with zero attached hydrogens (tertiary/aromatic N) is 2. The molecule has 0 aliphatic carbocycles. The first-order valence-corrected chi connectivity index (χ1v) is 7.28. The van der Waals surface area contributed by atoms with Gasteiger partial charge in [0.15, 0.2) is 0 Å². The van der Waals surface area contributed by atoms with Crippen LogP contribution < -0.4 is 5.32 Å². The lowest BCUT2D eigenvalue weighted by molar-refractivity contribution is -0.137. The maximum atomic E-state index is 12.6. The number of carbonyl (C=O) groups excluding carboxylic acids is 1. The standard InChI is InChI=1S/C14H27N3O/c1-11-6-4-8-15-13(11)14(18)17(3)12-7-5-9-16(2)10-12/h11-13,15H,4-10H2,1-3H3. The minimum Gasteiger partial charge on any atom is -0.340 e. The van der Waals surface area contributed by atoms with Crippen molar-refractivity contribution in [1.29, 1.82) is 0 Å². The highest BCUT2D eigenvalue weighted by Gasteiger charge is 2.33. The first-order chi connectivity index (χ1) is 8.59. The molecule has 2 saturated heterocycles. The molecule has 3 unspecified atom stereocenters. The Balaban J connectivity index is 1.94. The largest absolute Gasteiger partial charge is 0.340 e. The molecule has 2 aliphatic heterocycles. The van der Waals surface area contributed by atoms with Crippen LogP contribution in [0.25, 0.3) is 0 Å². The highest BCUT2D eigenvalue weighted by molar-refractivity contribution is 5.82. The highest BCUT2D eigenvalue weighted by atomic mass is 16.2. The van der Waals surface area contributed by atoms with Crippen LogP contribution in [0.5, 0.6) is 0 Å². The summed E-state index contributed by atoms with van der Waals surface area (Å²) in [5.74, 6) is 0.762. The van der Waals surface area contributed by atoms with Crippen molar-refractivity contribution in [3.8, 4) is 0 Å². The van der Waals surface area contributed by atoms with E-state index in [2.05, 4.69) is 24.2 Å².